The molecule has 5 heteroatoms. The van der Waals surface area contributed by atoms with E-state index in [9.17, 15) is 0 Å². The normalized spacial score (nSPS) is 20.5. The van der Waals surface area contributed by atoms with Crippen LogP contribution < -0.4 is 15.4 Å². The first-order valence-electron chi connectivity index (χ1n) is 7.24. The van der Waals surface area contributed by atoms with Gasteiger partial charge in [-0.25, -0.2) is 4.98 Å². The van der Waals surface area contributed by atoms with Crippen LogP contribution in [0.1, 0.15) is 6.92 Å². The average molecular weight is 287 g/mol. The molecule has 5 nitrogen and oxygen atoms in total. The van der Waals surface area contributed by atoms with Gasteiger partial charge >= 0.3 is 0 Å². The highest BCUT2D eigenvalue weighted by Gasteiger charge is 2.25. The van der Waals surface area contributed by atoms with Gasteiger partial charge in [0, 0.05) is 36.1 Å². The van der Waals surface area contributed by atoms with Crippen LogP contribution in [0.5, 0.6) is 5.75 Å². The van der Waals surface area contributed by atoms with Crippen molar-refractivity contribution in [1.29, 1.82) is 0 Å². The fourth-order valence-electron chi connectivity index (χ4n) is 2.78. The lowest BCUT2D eigenvalue weighted by Gasteiger charge is -2.36. The topological polar surface area (TPSA) is 60.6 Å². The molecule has 2 aromatic rings. The van der Waals surface area contributed by atoms with E-state index in [1.165, 1.54) is 0 Å². The van der Waals surface area contributed by atoms with E-state index in [1.807, 2.05) is 31.3 Å². The predicted molar refractivity (Wildman–Crippen MR) is 83.9 cm³/mol. The van der Waals surface area contributed by atoms with Gasteiger partial charge in [-0.3, -0.25) is 0 Å². The second-order valence-electron chi connectivity index (χ2n) is 5.40. The molecule has 2 atom stereocenters. The molecule has 2 heterocycles. The zero-order valence-electron chi connectivity index (χ0n) is 12.5. The summed E-state index contributed by atoms with van der Waals surface area (Å²) in [6, 6.07) is 8.04. The number of benzene rings is 1. The Morgan fingerprint density at radius 1 is 1.38 bits per heavy atom. The van der Waals surface area contributed by atoms with Crippen molar-refractivity contribution in [2.75, 3.05) is 31.7 Å². The first kappa shape index (κ1) is 14.1. The Labute approximate surface area is 124 Å². The smallest absolute Gasteiger partial charge is 0.136 e. The number of aromatic nitrogens is 1. The zero-order chi connectivity index (χ0) is 14.8. The van der Waals surface area contributed by atoms with Crippen molar-refractivity contribution in [3.05, 3.63) is 30.5 Å². The highest BCUT2D eigenvalue weighted by molar-refractivity contribution is 5.96. The molecule has 21 heavy (non-hydrogen) atoms. The van der Waals surface area contributed by atoms with Gasteiger partial charge in [-0.05, 0) is 19.1 Å². The zero-order valence-corrected chi connectivity index (χ0v) is 12.5. The number of methoxy groups -OCH3 is 1. The third kappa shape index (κ3) is 2.66. The summed E-state index contributed by atoms with van der Waals surface area (Å²) < 4.78 is 11.2. The van der Waals surface area contributed by atoms with Gasteiger partial charge in [0.1, 0.15) is 11.6 Å². The molecule has 2 unspecified atom stereocenters. The lowest BCUT2D eigenvalue weighted by molar-refractivity contribution is 0.0274. The second-order valence-corrected chi connectivity index (χ2v) is 5.40. The quantitative estimate of drug-likeness (QED) is 0.932. The molecule has 0 spiro atoms. The van der Waals surface area contributed by atoms with Crippen LogP contribution in [0.2, 0.25) is 0 Å². The third-order valence-corrected chi connectivity index (χ3v) is 3.94. The summed E-state index contributed by atoms with van der Waals surface area (Å²) in [6.07, 6.45) is 1.87. The number of ether oxygens (including phenoxy) is 2. The van der Waals surface area contributed by atoms with Gasteiger partial charge in [0.15, 0.2) is 0 Å². The Kier molecular flexibility index (Phi) is 3.94. The van der Waals surface area contributed by atoms with E-state index in [0.717, 1.165) is 35.4 Å². The fraction of sp³-hybridized carbons (Fsp3) is 0.438. The minimum atomic E-state index is 0.0114. The van der Waals surface area contributed by atoms with E-state index in [1.54, 1.807) is 7.11 Å². The number of rotatable bonds is 3. The Hall–Kier alpha value is -1.85. The van der Waals surface area contributed by atoms with Crippen LogP contribution in [0, 0.1) is 0 Å². The van der Waals surface area contributed by atoms with Crippen LogP contribution in [0.15, 0.2) is 30.5 Å². The highest BCUT2D eigenvalue weighted by Crippen LogP contribution is 2.31. The van der Waals surface area contributed by atoms with Crippen LogP contribution in [-0.2, 0) is 4.74 Å². The molecular formula is C16H21N3O2. The molecule has 0 aliphatic carbocycles. The first-order valence-corrected chi connectivity index (χ1v) is 7.24. The monoisotopic (exact) mass is 287 g/mol. The fourth-order valence-corrected chi connectivity index (χ4v) is 2.78. The van der Waals surface area contributed by atoms with Crippen LogP contribution in [-0.4, -0.2) is 43.9 Å². The van der Waals surface area contributed by atoms with E-state index in [4.69, 9.17) is 15.2 Å². The molecule has 2 N–H and O–H groups in total. The number of nitrogens with two attached hydrogens (primary N) is 1. The van der Waals surface area contributed by atoms with Crippen molar-refractivity contribution >= 4 is 16.6 Å². The summed E-state index contributed by atoms with van der Waals surface area (Å²) in [4.78, 5) is 6.82. The van der Waals surface area contributed by atoms with Crippen molar-refractivity contribution < 1.29 is 9.47 Å². The molecule has 0 amide bonds. The third-order valence-electron chi connectivity index (χ3n) is 3.94. The number of pyridine rings is 1. The summed E-state index contributed by atoms with van der Waals surface area (Å²) in [6.45, 7) is 4.25. The van der Waals surface area contributed by atoms with Gasteiger partial charge in [-0.2, -0.15) is 0 Å². The van der Waals surface area contributed by atoms with Gasteiger partial charge in [0.05, 0.1) is 19.8 Å². The lowest BCUT2D eigenvalue weighted by atomic mass is 10.1. The predicted octanol–water partition coefficient (Wildman–Crippen LogP) is 1.80. The maximum atomic E-state index is 5.97. The van der Waals surface area contributed by atoms with Crippen molar-refractivity contribution in [2.24, 2.45) is 5.73 Å². The Balaban J connectivity index is 2.00. The van der Waals surface area contributed by atoms with Crippen LogP contribution >= 0.6 is 0 Å². The number of fused-ring (bicyclic) bond motifs is 1. The minimum absolute atomic E-state index is 0.0114. The molecule has 1 aromatic carbocycles. The molecule has 1 aliphatic heterocycles. The van der Waals surface area contributed by atoms with Crippen molar-refractivity contribution in [3.8, 4) is 5.75 Å². The summed E-state index contributed by atoms with van der Waals surface area (Å²) in [5.74, 6) is 1.84. The summed E-state index contributed by atoms with van der Waals surface area (Å²) in [7, 11) is 1.69. The number of hydrogen-bond acceptors (Lipinski definition) is 5. The Bertz CT molecular complexity index is 630. The van der Waals surface area contributed by atoms with E-state index in [0.29, 0.717) is 6.61 Å². The van der Waals surface area contributed by atoms with E-state index >= 15 is 0 Å². The second kappa shape index (κ2) is 5.87. The molecule has 1 aliphatic rings. The van der Waals surface area contributed by atoms with Crippen molar-refractivity contribution in [3.63, 3.8) is 0 Å². The maximum Gasteiger partial charge on any atom is 0.136 e. The Morgan fingerprint density at radius 3 is 3.00 bits per heavy atom. The molecule has 1 fully saturated rings. The molecule has 3 rings (SSSR count). The van der Waals surface area contributed by atoms with Gasteiger partial charge < -0.3 is 20.1 Å². The standard InChI is InChI=1S/C16H21N3O2/c1-11(17)15-10-19(8-9-21-15)16-13-4-3-5-14(20-2)12(13)6-7-18-16/h3-7,11,15H,8-10,17H2,1-2H3. The minimum Gasteiger partial charge on any atom is -0.496 e. The summed E-state index contributed by atoms with van der Waals surface area (Å²) >= 11 is 0. The molecule has 1 saturated heterocycles. The van der Waals surface area contributed by atoms with Crippen molar-refractivity contribution in [2.45, 2.75) is 19.1 Å². The maximum absolute atomic E-state index is 5.97. The average Bonchev–Trinajstić information content (AvgIpc) is 2.53. The summed E-state index contributed by atoms with van der Waals surface area (Å²) in [5.41, 5.74) is 5.97. The molecule has 0 bridgehead atoms. The largest absolute Gasteiger partial charge is 0.496 e. The van der Waals surface area contributed by atoms with E-state index < -0.39 is 0 Å². The van der Waals surface area contributed by atoms with Crippen molar-refractivity contribution in [1.82, 2.24) is 4.98 Å². The van der Waals surface area contributed by atoms with Crippen LogP contribution in [0.4, 0.5) is 5.82 Å². The van der Waals surface area contributed by atoms with Crippen LogP contribution in [0.3, 0.4) is 0 Å². The number of morpholine rings is 1. The summed E-state index contributed by atoms with van der Waals surface area (Å²) in [5, 5.41) is 2.18. The van der Waals surface area contributed by atoms with E-state index in [-0.39, 0.29) is 12.1 Å². The molecule has 1 aromatic heterocycles. The number of hydrogen-bond donors (Lipinski definition) is 1. The number of anilines is 1. The van der Waals surface area contributed by atoms with Gasteiger partial charge in [-0.1, -0.05) is 12.1 Å². The van der Waals surface area contributed by atoms with Gasteiger partial charge in [0.2, 0.25) is 0 Å². The van der Waals surface area contributed by atoms with E-state index in [2.05, 4.69) is 16.0 Å². The molecule has 0 saturated carbocycles. The lowest BCUT2D eigenvalue weighted by Crippen LogP contribution is -2.49. The molecule has 0 radical (unpaired) electrons. The first-order chi connectivity index (χ1) is 10.2. The Morgan fingerprint density at radius 2 is 2.24 bits per heavy atom. The highest BCUT2D eigenvalue weighted by atomic mass is 16.5. The SMILES string of the molecule is COc1cccc2c(N3CCOC(C(C)N)C3)nccc12. The molecular weight excluding hydrogens is 266 g/mol. The van der Waals surface area contributed by atoms with Crippen LogP contribution in [0.25, 0.3) is 10.8 Å². The van der Waals surface area contributed by atoms with Gasteiger partial charge in [0.25, 0.3) is 0 Å². The van der Waals surface area contributed by atoms with Gasteiger partial charge in [-0.15, -0.1) is 0 Å². The number of nitrogens with zero attached hydrogens (tertiary/aromatic N) is 2. The molecule has 112 valence electrons.